The molecule has 0 fully saturated rings. The van der Waals surface area contributed by atoms with E-state index in [1.807, 2.05) is 20.0 Å². The summed E-state index contributed by atoms with van der Waals surface area (Å²) in [6, 6.07) is 2.06. The van der Waals surface area contributed by atoms with Crippen LogP contribution in [-0.4, -0.2) is 34.1 Å². The van der Waals surface area contributed by atoms with Crippen LogP contribution in [0.5, 0.6) is 0 Å². The third-order valence-electron chi connectivity index (χ3n) is 2.07. The number of esters is 1. The van der Waals surface area contributed by atoms with Crippen molar-refractivity contribution in [2.24, 2.45) is 0 Å². The van der Waals surface area contributed by atoms with Gasteiger partial charge in [-0.1, -0.05) is 0 Å². The van der Waals surface area contributed by atoms with E-state index in [9.17, 15) is 9.90 Å². The van der Waals surface area contributed by atoms with Crippen LogP contribution in [0.1, 0.15) is 25.6 Å². The molecule has 0 saturated heterocycles. The largest absolute Gasteiger partial charge is 0.467 e. The first kappa shape index (κ1) is 11.7. The van der Waals surface area contributed by atoms with Crippen LogP contribution in [0.25, 0.3) is 0 Å². The Hall–Kier alpha value is -1.36. The van der Waals surface area contributed by atoms with Crippen LogP contribution in [0, 0.1) is 0 Å². The molecule has 1 atom stereocenters. The zero-order valence-electron chi connectivity index (χ0n) is 9.17. The number of ether oxygens (including phenoxy) is 1. The Kier molecular flexibility index (Phi) is 3.85. The maximum absolute atomic E-state index is 11.0. The van der Waals surface area contributed by atoms with Crippen molar-refractivity contribution in [2.45, 2.75) is 32.4 Å². The molecule has 0 spiro atoms. The van der Waals surface area contributed by atoms with Crippen molar-refractivity contribution in [3.63, 3.8) is 0 Å². The van der Waals surface area contributed by atoms with Gasteiger partial charge in [0, 0.05) is 18.7 Å². The molecule has 0 aromatic carbocycles. The van der Waals surface area contributed by atoms with E-state index in [2.05, 4.69) is 9.84 Å². The number of rotatable bonds is 4. The molecule has 1 aromatic heterocycles. The molecule has 1 heterocycles. The first-order valence-corrected chi connectivity index (χ1v) is 4.84. The molecule has 0 amide bonds. The fourth-order valence-corrected chi connectivity index (χ4v) is 1.19. The van der Waals surface area contributed by atoms with Crippen molar-refractivity contribution in [3.05, 3.63) is 18.0 Å². The van der Waals surface area contributed by atoms with Gasteiger partial charge in [0.25, 0.3) is 0 Å². The van der Waals surface area contributed by atoms with E-state index < -0.39 is 12.1 Å². The quantitative estimate of drug-likeness (QED) is 0.740. The number of carbonyl (C=O) groups is 1. The number of methoxy groups -OCH3 is 1. The van der Waals surface area contributed by atoms with Crippen molar-refractivity contribution >= 4 is 5.97 Å². The molecule has 1 N–H and O–H groups in total. The Morgan fingerprint density at radius 2 is 2.33 bits per heavy atom. The van der Waals surface area contributed by atoms with Crippen molar-refractivity contribution in [1.29, 1.82) is 0 Å². The molecule has 5 heteroatoms. The molecule has 0 aliphatic rings. The molecule has 5 nitrogen and oxygen atoms in total. The molecule has 0 bridgehead atoms. The average Bonchev–Trinajstić information content (AvgIpc) is 2.65. The molecule has 1 aromatic rings. The molecule has 0 aliphatic heterocycles. The molecule has 84 valence electrons. The Balaban J connectivity index is 2.61. The Morgan fingerprint density at radius 3 is 2.80 bits per heavy atom. The smallest absolute Gasteiger partial charge is 0.335 e. The van der Waals surface area contributed by atoms with Crippen LogP contribution in [0.15, 0.2) is 12.3 Å². The maximum Gasteiger partial charge on any atom is 0.335 e. The highest BCUT2D eigenvalue weighted by atomic mass is 16.5. The van der Waals surface area contributed by atoms with E-state index in [-0.39, 0.29) is 12.5 Å². The lowest BCUT2D eigenvalue weighted by Gasteiger charge is -2.06. The molecule has 0 radical (unpaired) electrons. The molecule has 1 unspecified atom stereocenters. The Morgan fingerprint density at radius 1 is 1.67 bits per heavy atom. The Bertz CT molecular complexity index is 333. The van der Waals surface area contributed by atoms with Gasteiger partial charge in [-0.15, -0.1) is 0 Å². The third kappa shape index (κ3) is 3.06. The van der Waals surface area contributed by atoms with Crippen LogP contribution in [0.4, 0.5) is 0 Å². The lowest BCUT2D eigenvalue weighted by molar-refractivity contribution is -0.150. The van der Waals surface area contributed by atoms with Crippen LogP contribution in [0.2, 0.25) is 0 Å². The van der Waals surface area contributed by atoms with Gasteiger partial charge in [0.15, 0.2) is 6.10 Å². The van der Waals surface area contributed by atoms with Crippen LogP contribution in [-0.2, 0) is 16.0 Å². The average molecular weight is 212 g/mol. The number of carbonyl (C=O) groups excluding carboxylic acids is 1. The lowest BCUT2D eigenvalue weighted by atomic mass is 10.2. The van der Waals surface area contributed by atoms with Gasteiger partial charge in [-0.25, -0.2) is 4.79 Å². The topological polar surface area (TPSA) is 64.3 Å². The highest BCUT2D eigenvalue weighted by Gasteiger charge is 2.17. The van der Waals surface area contributed by atoms with Crippen molar-refractivity contribution < 1.29 is 14.6 Å². The summed E-state index contributed by atoms with van der Waals surface area (Å²) >= 11 is 0. The predicted molar refractivity (Wildman–Crippen MR) is 54.3 cm³/mol. The molecule has 0 saturated carbocycles. The zero-order valence-corrected chi connectivity index (χ0v) is 9.17. The van der Waals surface area contributed by atoms with Gasteiger partial charge in [-0.2, -0.15) is 5.10 Å². The van der Waals surface area contributed by atoms with E-state index in [0.29, 0.717) is 5.69 Å². The molecule has 15 heavy (non-hydrogen) atoms. The number of aromatic nitrogens is 2. The Labute approximate surface area is 88.7 Å². The van der Waals surface area contributed by atoms with E-state index in [0.717, 1.165) is 0 Å². The second-order valence-corrected chi connectivity index (χ2v) is 3.62. The zero-order chi connectivity index (χ0) is 11.4. The van der Waals surface area contributed by atoms with Crippen LogP contribution < -0.4 is 0 Å². The van der Waals surface area contributed by atoms with Crippen LogP contribution >= 0.6 is 0 Å². The standard InChI is InChI=1S/C10H16N2O3/c1-7(2)12-5-4-8(11-12)6-9(13)10(14)15-3/h4-5,7,9,13H,6H2,1-3H3. The van der Waals surface area contributed by atoms with Gasteiger partial charge < -0.3 is 9.84 Å². The highest BCUT2D eigenvalue weighted by Crippen LogP contribution is 2.06. The summed E-state index contributed by atoms with van der Waals surface area (Å²) in [4.78, 5) is 11.0. The number of hydrogen-bond acceptors (Lipinski definition) is 4. The first-order valence-electron chi connectivity index (χ1n) is 4.84. The molecule has 1 rings (SSSR count). The fourth-order valence-electron chi connectivity index (χ4n) is 1.19. The fraction of sp³-hybridized carbons (Fsp3) is 0.600. The molecular weight excluding hydrogens is 196 g/mol. The second kappa shape index (κ2) is 4.93. The SMILES string of the molecule is COC(=O)C(O)Cc1ccn(C(C)C)n1. The van der Waals surface area contributed by atoms with Gasteiger partial charge in [-0.05, 0) is 19.9 Å². The second-order valence-electron chi connectivity index (χ2n) is 3.62. The number of aliphatic hydroxyl groups is 1. The monoisotopic (exact) mass is 212 g/mol. The minimum Gasteiger partial charge on any atom is -0.467 e. The third-order valence-corrected chi connectivity index (χ3v) is 2.07. The number of hydrogen-bond donors (Lipinski definition) is 1. The maximum atomic E-state index is 11.0. The van der Waals surface area contributed by atoms with Gasteiger partial charge in [-0.3, -0.25) is 4.68 Å². The van der Waals surface area contributed by atoms with Gasteiger partial charge >= 0.3 is 5.97 Å². The minimum atomic E-state index is -1.13. The predicted octanol–water partition coefficient (Wildman–Crippen LogP) is 0.540. The van der Waals surface area contributed by atoms with E-state index >= 15 is 0 Å². The first-order chi connectivity index (χ1) is 7.04. The lowest BCUT2D eigenvalue weighted by Crippen LogP contribution is -2.24. The number of aliphatic hydroxyl groups excluding tert-OH is 1. The van der Waals surface area contributed by atoms with E-state index in [1.165, 1.54) is 7.11 Å². The minimum absolute atomic E-state index is 0.187. The van der Waals surface area contributed by atoms with Crippen molar-refractivity contribution in [3.8, 4) is 0 Å². The van der Waals surface area contributed by atoms with E-state index in [1.54, 1.807) is 10.7 Å². The molecular formula is C10H16N2O3. The van der Waals surface area contributed by atoms with Gasteiger partial charge in [0.1, 0.15) is 0 Å². The van der Waals surface area contributed by atoms with Crippen LogP contribution in [0.3, 0.4) is 0 Å². The summed E-state index contributed by atoms with van der Waals surface area (Å²) < 4.78 is 6.19. The van der Waals surface area contributed by atoms with Crippen molar-refractivity contribution in [2.75, 3.05) is 7.11 Å². The van der Waals surface area contributed by atoms with Gasteiger partial charge in [0.2, 0.25) is 0 Å². The van der Waals surface area contributed by atoms with Gasteiger partial charge in [0.05, 0.1) is 12.8 Å². The number of nitrogens with zero attached hydrogens (tertiary/aromatic N) is 2. The van der Waals surface area contributed by atoms with E-state index in [4.69, 9.17) is 0 Å². The van der Waals surface area contributed by atoms with Crippen molar-refractivity contribution in [1.82, 2.24) is 9.78 Å². The normalized spacial score (nSPS) is 12.9. The molecule has 0 aliphatic carbocycles. The summed E-state index contributed by atoms with van der Waals surface area (Å²) in [6.45, 7) is 4.01. The summed E-state index contributed by atoms with van der Waals surface area (Å²) in [5.74, 6) is -0.630. The summed E-state index contributed by atoms with van der Waals surface area (Å²) in [7, 11) is 1.25. The summed E-state index contributed by atoms with van der Waals surface area (Å²) in [5, 5.41) is 13.6. The summed E-state index contributed by atoms with van der Waals surface area (Å²) in [5.41, 5.74) is 0.682. The summed E-state index contributed by atoms with van der Waals surface area (Å²) in [6.07, 6.45) is 0.877. The highest BCUT2D eigenvalue weighted by molar-refractivity contribution is 5.74.